The molecular weight excluding hydrogens is 429 g/mol. The van der Waals surface area contributed by atoms with E-state index in [-0.39, 0.29) is 76.2 Å². The van der Waals surface area contributed by atoms with Crippen LogP contribution in [0, 0.1) is 20.8 Å². The molecule has 3 rings (SSSR count). The molecule has 0 N–H and O–H groups in total. The molecule has 0 spiro atoms. The average Bonchev–Trinajstić information content (AvgIpc) is 2.99. The van der Waals surface area contributed by atoms with E-state index >= 15 is 0 Å². The molecule has 10 heteroatoms. The Balaban J connectivity index is 0.00000225. The molecule has 0 unspecified atom stereocenters. The molecule has 0 saturated carbocycles. The summed E-state index contributed by atoms with van der Waals surface area (Å²) in [5.41, 5.74) is 2.27. The largest absolute Gasteiger partial charge is 1.00 e. The fourth-order valence-corrected chi connectivity index (χ4v) is 3.56. The standard InChI is InChI=1S/C20H19O7P.2Na/c1-10-6-7-14-17(12(3)26-20(14)19(10)27-28(22)23)18(21)13-8-15(24-4)11(2)16(9-13)25-5;;/h6-9H,1-5H3;;/q-2;2*+1. The van der Waals surface area contributed by atoms with Crippen molar-refractivity contribution in [3.05, 3.63) is 52.3 Å². The van der Waals surface area contributed by atoms with E-state index in [1.165, 1.54) is 14.2 Å². The monoisotopic (exact) mass is 448 g/mol. The molecule has 7 nitrogen and oxygen atoms in total. The Hall–Kier alpha value is -0.600. The summed E-state index contributed by atoms with van der Waals surface area (Å²) in [4.78, 5) is 35.4. The summed E-state index contributed by atoms with van der Waals surface area (Å²) < 4.78 is 21.3. The predicted octanol–water partition coefficient (Wildman–Crippen LogP) is -3.06. The Labute approximate surface area is 220 Å². The number of ether oxygens (including phenoxy) is 2. The molecule has 0 atom stereocenters. The molecule has 30 heavy (non-hydrogen) atoms. The van der Waals surface area contributed by atoms with Crippen LogP contribution in [0.25, 0.3) is 11.0 Å². The van der Waals surface area contributed by atoms with Gasteiger partial charge in [-0.05, 0) is 44.5 Å². The van der Waals surface area contributed by atoms with Gasteiger partial charge in [0.15, 0.2) is 17.1 Å². The summed E-state index contributed by atoms with van der Waals surface area (Å²) in [5, 5.41) is 0.471. The van der Waals surface area contributed by atoms with Gasteiger partial charge in [-0.1, -0.05) is 14.7 Å². The van der Waals surface area contributed by atoms with Gasteiger partial charge in [-0.25, -0.2) is 0 Å². The van der Waals surface area contributed by atoms with Crippen molar-refractivity contribution in [2.75, 3.05) is 14.2 Å². The Morgan fingerprint density at radius 2 is 1.57 bits per heavy atom. The van der Waals surface area contributed by atoms with Crippen molar-refractivity contribution in [3.8, 4) is 17.2 Å². The van der Waals surface area contributed by atoms with Gasteiger partial charge in [0.1, 0.15) is 17.3 Å². The van der Waals surface area contributed by atoms with Crippen molar-refractivity contribution in [1.82, 2.24) is 0 Å². The molecule has 0 fully saturated rings. The maximum Gasteiger partial charge on any atom is 1.00 e. The van der Waals surface area contributed by atoms with Crippen molar-refractivity contribution in [1.29, 1.82) is 0 Å². The number of aryl methyl sites for hydroxylation is 2. The second-order valence-corrected chi connectivity index (χ2v) is 6.90. The summed E-state index contributed by atoms with van der Waals surface area (Å²) in [5.74, 6) is 1.19. The topological polar surface area (TPSA) is 104 Å². The van der Waals surface area contributed by atoms with Gasteiger partial charge in [0.05, 0.1) is 19.8 Å². The number of hydrogen-bond donors (Lipinski definition) is 0. The van der Waals surface area contributed by atoms with Gasteiger partial charge in [-0.3, -0.25) is 4.79 Å². The number of ketones is 1. The maximum atomic E-state index is 13.3. The summed E-state index contributed by atoms with van der Waals surface area (Å²) in [6.45, 7) is 5.18. The Morgan fingerprint density at radius 3 is 2.07 bits per heavy atom. The number of benzene rings is 2. The van der Waals surface area contributed by atoms with E-state index in [4.69, 9.17) is 18.4 Å². The van der Waals surface area contributed by atoms with Crippen molar-refractivity contribution < 1.29 is 92.1 Å². The zero-order valence-corrected chi connectivity index (χ0v) is 23.0. The van der Waals surface area contributed by atoms with E-state index in [1.54, 1.807) is 38.1 Å². The number of hydrogen-bond acceptors (Lipinski definition) is 7. The summed E-state index contributed by atoms with van der Waals surface area (Å²) >= 11 is 0. The van der Waals surface area contributed by atoms with E-state index in [2.05, 4.69) is 0 Å². The fraction of sp³-hybridized carbons (Fsp3) is 0.250. The first kappa shape index (κ1) is 27.4. The minimum Gasteiger partial charge on any atom is -0.810 e. The maximum absolute atomic E-state index is 13.3. The SMILES string of the molecule is COc1cc(C(=O)c2c(C)oc3c(OP([O-])[O-])c(C)ccc23)cc(OC)c1C.[Na+].[Na+]. The third kappa shape index (κ3) is 5.23. The van der Waals surface area contributed by atoms with Crippen molar-refractivity contribution in [3.63, 3.8) is 0 Å². The van der Waals surface area contributed by atoms with E-state index in [0.717, 1.165) is 5.56 Å². The molecule has 0 aliphatic carbocycles. The summed E-state index contributed by atoms with van der Waals surface area (Å²) in [6, 6.07) is 6.66. The third-order valence-corrected chi connectivity index (χ3v) is 4.92. The zero-order chi connectivity index (χ0) is 20.6. The zero-order valence-electron chi connectivity index (χ0n) is 18.1. The number of carbonyl (C=O) groups excluding carboxylic acids is 1. The second-order valence-electron chi connectivity index (χ2n) is 6.27. The van der Waals surface area contributed by atoms with Crippen LogP contribution in [0.1, 0.15) is 32.8 Å². The molecule has 0 bridgehead atoms. The average molecular weight is 448 g/mol. The summed E-state index contributed by atoms with van der Waals surface area (Å²) in [7, 11) is -0.0829. The Morgan fingerprint density at radius 1 is 1.00 bits per heavy atom. The van der Waals surface area contributed by atoms with Crippen LogP contribution in [-0.4, -0.2) is 20.0 Å². The molecule has 0 saturated heterocycles. The van der Waals surface area contributed by atoms with Crippen LogP contribution in [0.2, 0.25) is 0 Å². The number of rotatable bonds is 6. The first-order valence-corrected chi connectivity index (χ1v) is 9.50. The molecule has 0 radical (unpaired) electrons. The van der Waals surface area contributed by atoms with Crippen LogP contribution in [-0.2, 0) is 0 Å². The molecule has 148 valence electrons. The van der Waals surface area contributed by atoms with Gasteiger partial charge in [-0.2, -0.15) is 0 Å². The number of fused-ring (bicyclic) bond motifs is 1. The Kier molecular flexibility index (Phi) is 10.4. The van der Waals surface area contributed by atoms with E-state index in [0.29, 0.717) is 39.3 Å². The first-order chi connectivity index (χ1) is 13.3. The van der Waals surface area contributed by atoms with Crippen LogP contribution in [0.5, 0.6) is 17.2 Å². The molecule has 2 aromatic carbocycles. The molecule has 0 aliphatic rings. The third-order valence-electron chi connectivity index (χ3n) is 4.59. The fourth-order valence-electron chi connectivity index (χ4n) is 3.18. The predicted molar refractivity (Wildman–Crippen MR) is 101 cm³/mol. The van der Waals surface area contributed by atoms with Crippen LogP contribution < -0.4 is 82.9 Å². The minimum atomic E-state index is -3.12. The summed E-state index contributed by atoms with van der Waals surface area (Å²) in [6.07, 6.45) is 0. The second kappa shape index (κ2) is 11.3. The first-order valence-electron chi connectivity index (χ1n) is 8.40. The van der Waals surface area contributed by atoms with Gasteiger partial charge in [0, 0.05) is 16.5 Å². The molecule has 0 aliphatic heterocycles. The van der Waals surface area contributed by atoms with Crippen LogP contribution in [0.15, 0.2) is 28.7 Å². The molecule has 0 amide bonds. The Bertz CT molecular complexity index is 1040. The van der Waals surface area contributed by atoms with Crippen molar-refractivity contribution in [2.45, 2.75) is 20.8 Å². The van der Waals surface area contributed by atoms with E-state index in [9.17, 15) is 14.6 Å². The smallest absolute Gasteiger partial charge is 0.810 e. The van der Waals surface area contributed by atoms with E-state index < -0.39 is 8.60 Å². The van der Waals surface area contributed by atoms with Crippen LogP contribution >= 0.6 is 8.60 Å². The van der Waals surface area contributed by atoms with Gasteiger partial charge >= 0.3 is 59.1 Å². The molecule has 3 aromatic rings. The van der Waals surface area contributed by atoms with Gasteiger partial charge < -0.3 is 28.2 Å². The quantitative estimate of drug-likeness (QED) is 0.224. The van der Waals surface area contributed by atoms with Crippen LogP contribution in [0.4, 0.5) is 0 Å². The van der Waals surface area contributed by atoms with Crippen LogP contribution in [0.3, 0.4) is 0 Å². The van der Waals surface area contributed by atoms with Gasteiger partial charge in [-0.15, -0.1) is 0 Å². The molecule has 1 heterocycles. The van der Waals surface area contributed by atoms with Crippen molar-refractivity contribution >= 4 is 25.4 Å². The number of carbonyl (C=O) groups is 1. The number of methoxy groups -OCH3 is 2. The van der Waals surface area contributed by atoms with Gasteiger partial charge in [0.2, 0.25) is 0 Å². The number of furan rings is 1. The van der Waals surface area contributed by atoms with Crippen molar-refractivity contribution in [2.24, 2.45) is 0 Å². The molecule has 1 aromatic heterocycles. The molecular formula is C20H19Na2O7P. The van der Waals surface area contributed by atoms with Gasteiger partial charge in [0.25, 0.3) is 0 Å². The normalized spacial score (nSPS) is 10.4. The minimum absolute atomic E-state index is 0. The van der Waals surface area contributed by atoms with E-state index in [1.807, 2.05) is 6.92 Å².